The van der Waals surface area contributed by atoms with E-state index in [1.807, 2.05) is 44.2 Å². The van der Waals surface area contributed by atoms with Crippen LogP contribution in [-0.2, 0) is 30.4 Å². The molecular weight excluding hydrogens is 438 g/mol. The van der Waals surface area contributed by atoms with E-state index in [-0.39, 0.29) is 6.61 Å². The van der Waals surface area contributed by atoms with E-state index in [0.29, 0.717) is 32.6 Å². The Morgan fingerprint density at radius 2 is 1.74 bits per heavy atom. The third-order valence-electron chi connectivity index (χ3n) is 5.96. The van der Waals surface area contributed by atoms with Crippen molar-refractivity contribution >= 4 is 18.0 Å². The van der Waals surface area contributed by atoms with Crippen molar-refractivity contribution in [2.75, 3.05) is 33.3 Å². The van der Waals surface area contributed by atoms with Gasteiger partial charge in [0.1, 0.15) is 24.3 Å². The van der Waals surface area contributed by atoms with Crippen molar-refractivity contribution in [3.63, 3.8) is 0 Å². The van der Waals surface area contributed by atoms with E-state index in [1.54, 1.807) is 20.8 Å². The molecule has 1 heterocycles. The molecule has 190 valence electrons. The molecule has 2 atom stereocenters. The first-order valence-electron chi connectivity index (χ1n) is 11.6. The highest BCUT2D eigenvalue weighted by atomic mass is 16.6. The molecular formula is C25H39N3O6. The molecule has 1 aromatic carbocycles. The van der Waals surface area contributed by atoms with Gasteiger partial charge in [-0.25, -0.2) is 9.59 Å². The normalized spacial score (nSPS) is 18.2. The lowest BCUT2D eigenvalue weighted by atomic mass is 9.81. The molecule has 9 nitrogen and oxygen atoms in total. The zero-order chi connectivity index (χ0) is 25.5. The second-order valence-corrected chi connectivity index (χ2v) is 10.3. The lowest BCUT2D eigenvalue weighted by Gasteiger charge is -2.41. The summed E-state index contributed by atoms with van der Waals surface area (Å²) in [5, 5.41) is 0. The van der Waals surface area contributed by atoms with Crippen LogP contribution < -0.4 is 5.73 Å². The van der Waals surface area contributed by atoms with Crippen molar-refractivity contribution in [3.8, 4) is 0 Å². The van der Waals surface area contributed by atoms with Crippen molar-refractivity contribution in [2.45, 2.75) is 65.3 Å². The monoisotopic (exact) mass is 477 g/mol. The van der Waals surface area contributed by atoms with Gasteiger partial charge in [-0.1, -0.05) is 44.2 Å². The first-order valence-corrected chi connectivity index (χ1v) is 11.6. The van der Waals surface area contributed by atoms with Gasteiger partial charge in [-0.3, -0.25) is 14.6 Å². The number of hydrogen-bond donors (Lipinski definition) is 1. The number of piperazine rings is 1. The van der Waals surface area contributed by atoms with E-state index in [0.717, 1.165) is 5.56 Å². The molecule has 1 saturated heterocycles. The molecule has 1 aromatic rings. The van der Waals surface area contributed by atoms with Gasteiger partial charge in [0.2, 0.25) is 0 Å². The van der Waals surface area contributed by atoms with E-state index in [1.165, 1.54) is 12.0 Å². The Morgan fingerprint density at radius 1 is 1.09 bits per heavy atom. The molecule has 0 bridgehead atoms. The molecule has 1 amide bonds. The number of ether oxygens (including phenoxy) is 3. The summed E-state index contributed by atoms with van der Waals surface area (Å²) in [5.74, 6) is -0.938. The Bertz CT molecular complexity index is 837. The molecule has 9 heteroatoms. The van der Waals surface area contributed by atoms with Gasteiger partial charge in [0.05, 0.1) is 7.11 Å². The summed E-state index contributed by atoms with van der Waals surface area (Å²) in [4.78, 5) is 41.1. The highest BCUT2D eigenvalue weighted by Crippen LogP contribution is 2.26. The number of methoxy groups -OCH3 is 1. The molecule has 0 saturated carbocycles. The molecule has 0 unspecified atom stereocenters. The molecule has 1 aliphatic rings. The number of carbonyl (C=O) groups excluding carboxylic acids is 3. The molecule has 34 heavy (non-hydrogen) atoms. The van der Waals surface area contributed by atoms with Gasteiger partial charge in [0, 0.05) is 19.6 Å². The van der Waals surface area contributed by atoms with Crippen LogP contribution in [0, 0.1) is 5.41 Å². The third kappa shape index (κ3) is 7.99. The standard InChI is InChI=1S/C25H39N3O6/c1-24(2,3)34-23(31)28-15-14-27(16-19(28)21(29)32-6)13-12-25(4,5)20(26)22(30)33-17-18-10-8-7-9-11-18/h7-11,19-20H,12-17,26H2,1-6H3/t19-,20-/m0/s1. The number of nitrogens with two attached hydrogens (primary N) is 1. The minimum atomic E-state index is -0.796. The van der Waals surface area contributed by atoms with E-state index in [2.05, 4.69) is 4.90 Å². The van der Waals surface area contributed by atoms with Crippen LogP contribution in [0.5, 0.6) is 0 Å². The number of rotatable bonds is 8. The van der Waals surface area contributed by atoms with Crippen LogP contribution in [-0.4, -0.2) is 78.8 Å². The summed E-state index contributed by atoms with van der Waals surface area (Å²) >= 11 is 0. The van der Waals surface area contributed by atoms with Gasteiger partial charge in [0.15, 0.2) is 0 Å². The molecule has 2 rings (SSSR count). The van der Waals surface area contributed by atoms with Gasteiger partial charge in [-0.15, -0.1) is 0 Å². The van der Waals surface area contributed by atoms with Crippen LogP contribution in [0.1, 0.15) is 46.6 Å². The summed E-state index contributed by atoms with van der Waals surface area (Å²) in [6, 6.07) is 7.89. The number of nitrogens with zero attached hydrogens (tertiary/aromatic N) is 2. The maximum Gasteiger partial charge on any atom is 0.411 e. The average molecular weight is 478 g/mol. The third-order valence-corrected chi connectivity index (χ3v) is 5.96. The minimum absolute atomic E-state index is 0.177. The number of carbonyl (C=O) groups is 3. The maximum absolute atomic E-state index is 12.6. The van der Waals surface area contributed by atoms with Crippen LogP contribution in [0.2, 0.25) is 0 Å². The Kier molecular flexibility index (Phi) is 9.46. The number of hydrogen-bond acceptors (Lipinski definition) is 8. The fourth-order valence-corrected chi connectivity index (χ4v) is 3.66. The molecule has 1 fully saturated rings. The van der Waals surface area contributed by atoms with Crippen LogP contribution >= 0.6 is 0 Å². The summed E-state index contributed by atoms with van der Waals surface area (Å²) in [6.45, 7) is 11.2. The summed E-state index contributed by atoms with van der Waals surface area (Å²) in [5.41, 5.74) is 5.96. The second kappa shape index (κ2) is 11.7. The smallest absolute Gasteiger partial charge is 0.411 e. The van der Waals surface area contributed by atoms with Crippen molar-refractivity contribution in [1.82, 2.24) is 9.80 Å². The Labute approximate surface area is 202 Å². The predicted molar refractivity (Wildman–Crippen MR) is 128 cm³/mol. The summed E-state index contributed by atoms with van der Waals surface area (Å²) < 4.78 is 15.8. The van der Waals surface area contributed by atoms with Crippen molar-refractivity contribution in [1.29, 1.82) is 0 Å². The summed E-state index contributed by atoms with van der Waals surface area (Å²) in [7, 11) is 1.30. The Morgan fingerprint density at radius 3 is 2.32 bits per heavy atom. The largest absolute Gasteiger partial charge is 0.467 e. The first-order chi connectivity index (χ1) is 15.8. The van der Waals surface area contributed by atoms with Crippen LogP contribution in [0.4, 0.5) is 4.79 Å². The fourth-order valence-electron chi connectivity index (χ4n) is 3.66. The van der Waals surface area contributed by atoms with Gasteiger partial charge in [-0.2, -0.15) is 0 Å². The van der Waals surface area contributed by atoms with E-state index >= 15 is 0 Å². The SMILES string of the molecule is COC(=O)[C@@H]1CN(CCC(C)(C)[C@@H](N)C(=O)OCc2ccccc2)CCN1C(=O)OC(C)(C)C. The lowest BCUT2D eigenvalue weighted by Crippen LogP contribution is -2.59. The van der Waals surface area contributed by atoms with Crippen molar-refractivity contribution < 1.29 is 28.6 Å². The average Bonchev–Trinajstić information content (AvgIpc) is 2.79. The van der Waals surface area contributed by atoms with E-state index < -0.39 is 41.1 Å². The van der Waals surface area contributed by atoms with Crippen molar-refractivity contribution in [3.05, 3.63) is 35.9 Å². The zero-order valence-electron chi connectivity index (χ0n) is 21.2. The highest BCUT2D eigenvalue weighted by molar-refractivity contribution is 5.82. The van der Waals surface area contributed by atoms with Crippen LogP contribution in [0.25, 0.3) is 0 Å². The fraction of sp³-hybridized carbons (Fsp3) is 0.640. The van der Waals surface area contributed by atoms with E-state index in [9.17, 15) is 14.4 Å². The molecule has 0 aromatic heterocycles. The maximum atomic E-state index is 12.6. The predicted octanol–water partition coefficient (Wildman–Crippen LogP) is 2.57. The van der Waals surface area contributed by atoms with Crippen LogP contribution in [0.15, 0.2) is 30.3 Å². The Hall–Kier alpha value is -2.65. The number of amides is 1. The zero-order valence-corrected chi connectivity index (χ0v) is 21.2. The molecule has 1 aliphatic heterocycles. The van der Waals surface area contributed by atoms with Crippen LogP contribution in [0.3, 0.4) is 0 Å². The van der Waals surface area contributed by atoms with Gasteiger partial charge in [0.25, 0.3) is 0 Å². The molecule has 0 radical (unpaired) electrons. The second-order valence-electron chi connectivity index (χ2n) is 10.3. The quantitative estimate of drug-likeness (QED) is 0.449. The highest BCUT2D eigenvalue weighted by Gasteiger charge is 2.39. The first kappa shape index (κ1) is 27.6. The van der Waals surface area contributed by atoms with Gasteiger partial charge in [-0.05, 0) is 44.7 Å². The summed E-state index contributed by atoms with van der Waals surface area (Å²) in [6.07, 6.45) is 0.0700. The minimum Gasteiger partial charge on any atom is -0.467 e. The Balaban J connectivity index is 1.93. The number of benzene rings is 1. The molecule has 2 N–H and O–H groups in total. The number of esters is 2. The van der Waals surface area contributed by atoms with Crippen molar-refractivity contribution in [2.24, 2.45) is 11.1 Å². The lowest BCUT2D eigenvalue weighted by molar-refractivity contribution is -0.149. The topological polar surface area (TPSA) is 111 Å². The van der Waals surface area contributed by atoms with Gasteiger partial charge < -0.3 is 19.9 Å². The van der Waals surface area contributed by atoms with E-state index in [4.69, 9.17) is 19.9 Å². The molecule has 0 aliphatic carbocycles. The molecule has 0 spiro atoms. The van der Waals surface area contributed by atoms with Gasteiger partial charge >= 0.3 is 18.0 Å².